The summed E-state index contributed by atoms with van der Waals surface area (Å²) in [6, 6.07) is 13.4. The third kappa shape index (κ3) is 3.97. The zero-order chi connectivity index (χ0) is 23.7. The number of aliphatic hydroxyl groups is 1. The molecule has 0 unspecified atom stereocenters. The van der Waals surface area contributed by atoms with Crippen molar-refractivity contribution in [2.24, 2.45) is 0 Å². The van der Waals surface area contributed by atoms with Crippen LogP contribution in [0.3, 0.4) is 0 Å². The molecule has 0 spiro atoms. The van der Waals surface area contributed by atoms with E-state index >= 15 is 0 Å². The Balaban J connectivity index is 1.42. The maximum atomic E-state index is 11.6. The molecule has 0 saturated carbocycles. The molecule has 8 nitrogen and oxygen atoms in total. The van der Waals surface area contributed by atoms with Crippen molar-refractivity contribution in [3.05, 3.63) is 83.5 Å². The minimum atomic E-state index is -1.18. The SMILES string of the molecule is COc1ccc([C@]2(O)CCCn3nc(/C=C/c4ccc(-n5cnc(C)c5)c(OC)c4)nc32)cc1. The topological polar surface area (TPSA) is 87.2 Å². The molecule has 1 aliphatic heterocycles. The Morgan fingerprint density at radius 2 is 1.88 bits per heavy atom. The van der Waals surface area contributed by atoms with E-state index in [1.807, 2.05) is 72.3 Å². The lowest BCUT2D eigenvalue weighted by molar-refractivity contribution is 0.0395. The number of hydrogen-bond donors (Lipinski definition) is 1. The van der Waals surface area contributed by atoms with E-state index < -0.39 is 5.60 Å². The molecule has 0 fully saturated rings. The largest absolute Gasteiger partial charge is 0.497 e. The number of aromatic nitrogens is 5. The molecule has 3 heterocycles. The number of nitrogens with zero attached hydrogens (tertiary/aromatic N) is 5. The van der Waals surface area contributed by atoms with Crippen molar-refractivity contribution < 1.29 is 14.6 Å². The van der Waals surface area contributed by atoms with Gasteiger partial charge in [0.1, 0.15) is 17.1 Å². The number of hydrogen-bond acceptors (Lipinski definition) is 6. The molecular weight excluding hydrogens is 430 g/mol. The number of aryl methyl sites for hydroxylation is 2. The van der Waals surface area contributed by atoms with E-state index in [0.717, 1.165) is 47.0 Å². The first kappa shape index (κ1) is 21.9. The Morgan fingerprint density at radius 3 is 2.59 bits per heavy atom. The molecule has 8 heteroatoms. The molecule has 34 heavy (non-hydrogen) atoms. The van der Waals surface area contributed by atoms with Gasteiger partial charge in [-0.1, -0.05) is 24.3 Å². The highest BCUT2D eigenvalue weighted by Crippen LogP contribution is 2.37. The van der Waals surface area contributed by atoms with Crippen molar-refractivity contribution in [2.45, 2.75) is 31.9 Å². The van der Waals surface area contributed by atoms with E-state index in [-0.39, 0.29) is 0 Å². The van der Waals surface area contributed by atoms with Crippen LogP contribution in [0.2, 0.25) is 0 Å². The fourth-order valence-corrected chi connectivity index (χ4v) is 4.36. The van der Waals surface area contributed by atoms with Crippen LogP contribution < -0.4 is 9.47 Å². The fourth-order valence-electron chi connectivity index (χ4n) is 4.36. The molecule has 2 aromatic carbocycles. The van der Waals surface area contributed by atoms with Crippen molar-refractivity contribution in [3.63, 3.8) is 0 Å². The minimum Gasteiger partial charge on any atom is -0.497 e. The van der Waals surface area contributed by atoms with Crippen molar-refractivity contribution >= 4 is 12.2 Å². The van der Waals surface area contributed by atoms with Crippen LogP contribution in [0, 0.1) is 6.92 Å². The zero-order valence-corrected chi connectivity index (χ0v) is 19.5. The van der Waals surface area contributed by atoms with Crippen molar-refractivity contribution in [1.82, 2.24) is 24.3 Å². The van der Waals surface area contributed by atoms with Gasteiger partial charge in [0.05, 0.1) is 31.9 Å². The number of imidazole rings is 1. The molecule has 0 aliphatic carbocycles. The molecule has 5 rings (SSSR count). The van der Waals surface area contributed by atoms with Gasteiger partial charge in [-0.3, -0.25) is 0 Å². The van der Waals surface area contributed by atoms with E-state index in [4.69, 9.17) is 9.47 Å². The Morgan fingerprint density at radius 1 is 1.06 bits per heavy atom. The fraction of sp³-hybridized carbons (Fsp3) is 0.269. The zero-order valence-electron chi connectivity index (χ0n) is 19.5. The normalized spacial score (nSPS) is 17.6. The van der Waals surface area contributed by atoms with E-state index in [0.29, 0.717) is 18.1 Å². The molecule has 0 bridgehead atoms. The molecule has 1 atom stereocenters. The Kier molecular flexibility index (Phi) is 5.67. The summed E-state index contributed by atoms with van der Waals surface area (Å²) in [5.41, 5.74) is 2.41. The van der Waals surface area contributed by atoms with E-state index in [1.165, 1.54) is 0 Å². The van der Waals surface area contributed by atoms with Crippen molar-refractivity contribution in [1.29, 1.82) is 0 Å². The van der Waals surface area contributed by atoms with Gasteiger partial charge in [0.25, 0.3) is 0 Å². The molecule has 0 saturated heterocycles. The molecule has 1 aliphatic rings. The van der Waals surface area contributed by atoms with Crippen LogP contribution in [0.5, 0.6) is 11.5 Å². The maximum Gasteiger partial charge on any atom is 0.174 e. The third-order valence-electron chi connectivity index (χ3n) is 6.15. The van der Waals surface area contributed by atoms with E-state index in [2.05, 4.69) is 15.1 Å². The van der Waals surface area contributed by atoms with Crippen LogP contribution >= 0.6 is 0 Å². The summed E-state index contributed by atoms with van der Waals surface area (Å²) in [4.78, 5) is 8.98. The second kappa shape index (κ2) is 8.79. The number of fused-ring (bicyclic) bond motifs is 1. The summed E-state index contributed by atoms with van der Waals surface area (Å²) in [6.07, 6.45) is 8.93. The van der Waals surface area contributed by atoms with E-state index in [1.54, 1.807) is 25.2 Å². The van der Waals surface area contributed by atoms with Crippen molar-refractivity contribution in [3.8, 4) is 17.2 Å². The van der Waals surface area contributed by atoms with Gasteiger partial charge in [-0.05, 0) is 61.2 Å². The third-order valence-corrected chi connectivity index (χ3v) is 6.15. The summed E-state index contributed by atoms with van der Waals surface area (Å²) in [6.45, 7) is 2.68. The highest BCUT2D eigenvalue weighted by molar-refractivity contribution is 5.69. The van der Waals surface area contributed by atoms with Gasteiger partial charge < -0.3 is 19.1 Å². The minimum absolute atomic E-state index is 0.553. The first-order valence-electron chi connectivity index (χ1n) is 11.2. The molecule has 0 amide bonds. The van der Waals surface area contributed by atoms with Crippen molar-refractivity contribution in [2.75, 3.05) is 14.2 Å². The number of benzene rings is 2. The second-order valence-corrected chi connectivity index (χ2v) is 8.40. The lowest BCUT2D eigenvalue weighted by atomic mass is 9.86. The monoisotopic (exact) mass is 457 g/mol. The van der Waals surface area contributed by atoms with Gasteiger partial charge >= 0.3 is 0 Å². The van der Waals surface area contributed by atoms with Gasteiger partial charge in [-0.25, -0.2) is 14.6 Å². The first-order chi connectivity index (χ1) is 16.5. The van der Waals surface area contributed by atoms with Crippen LogP contribution in [-0.2, 0) is 12.1 Å². The quantitative estimate of drug-likeness (QED) is 0.471. The predicted molar refractivity (Wildman–Crippen MR) is 129 cm³/mol. The smallest absolute Gasteiger partial charge is 0.174 e. The Hall–Kier alpha value is -3.91. The number of rotatable bonds is 6. The molecule has 1 N–H and O–H groups in total. The van der Waals surface area contributed by atoms with Crippen LogP contribution in [0.4, 0.5) is 0 Å². The molecule has 4 aromatic rings. The highest BCUT2D eigenvalue weighted by atomic mass is 16.5. The number of methoxy groups -OCH3 is 2. The standard InChI is InChI=1S/C26H27N5O3/c1-18-16-30(17-27-18)22-11-5-19(15-23(22)34-3)6-12-24-28-25-26(32,13-4-14-31(25)29-24)20-7-9-21(33-2)10-8-20/h5-12,15-17,32H,4,13-14H2,1-3H3/b12-6+/t26-/m1/s1. The van der Waals surface area contributed by atoms with Gasteiger partial charge in [0.2, 0.25) is 0 Å². The molecule has 174 valence electrons. The maximum absolute atomic E-state index is 11.6. The lowest BCUT2D eigenvalue weighted by Gasteiger charge is -2.31. The average Bonchev–Trinajstić information content (AvgIpc) is 3.49. The van der Waals surface area contributed by atoms with Crippen LogP contribution in [0.1, 0.15) is 41.3 Å². The summed E-state index contributed by atoms with van der Waals surface area (Å²) < 4.78 is 14.6. The summed E-state index contributed by atoms with van der Waals surface area (Å²) in [7, 11) is 3.28. The molecule has 2 aromatic heterocycles. The van der Waals surface area contributed by atoms with Gasteiger partial charge in [-0.2, -0.15) is 5.10 Å². The summed E-state index contributed by atoms with van der Waals surface area (Å²) in [5.74, 6) is 2.60. The molecular formula is C26H27N5O3. The van der Waals surface area contributed by atoms with Crippen LogP contribution in [-0.4, -0.2) is 43.6 Å². The highest BCUT2D eigenvalue weighted by Gasteiger charge is 2.39. The second-order valence-electron chi connectivity index (χ2n) is 8.40. The van der Waals surface area contributed by atoms with Gasteiger partial charge in [-0.15, -0.1) is 0 Å². The van der Waals surface area contributed by atoms with Gasteiger partial charge in [0.15, 0.2) is 11.6 Å². The number of ether oxygens (including phenoxy) is 2. The summed E-state index contributed by atoms with van der Waals surface area (Å²) in [5, 5.41) is 16.2. The first-order valence-corrected chi connectivity index (χ1v) is 11.2. The van der Waals surface area contributed by atoms with Gasteiger partial charge in [0, 0.05) is 12.7 Å². The Bertz CT molecular complexity index is 1340. The van der Waals surface area contributed by atoms with E-state index in [9.17, 15) is 5.11 Å². The lowest BCUT2D eigenvalue weighted by Crippen LogP contribution is -2.35. The predicted octanol–water partition coefficient (Wildman–Crippen LogP) is 3.99. The summed E-state index contributed by atoms with van der Waals surface area (Å²) >= 11 is 0. The van der Waals surface area contributed by atoms with Crippen LogP contribution in [0.15, 0.2) is 55.0 Å². The average molecular weight is 458 g/mol. The Labute approximate surface area is 198 Å². The van der Waals surface area contributed by atoms with Crippen LogP contribution in [0.25, 0.3) is 17.8 Å². The molecule has 0 radical (unpaired) electrons.